The van der Waals surface area contributed by atoms with E-state index in [2.05, 4.69) is 32.6 Å². The number of aliphatic hydroxyl groups is 1. The quantitative estimate of drug-likeness (QED) is 0.806. The molecule has 134 valence electrons. The van der Waals surface area contributed by atoms with Crippen molar-refractivity contribution in [1.29, 1.82) is 0 Å². The zero-order chi connectivity index (χ0) is 16.7. The summed E-state index contributed by atoms with van der Waals surface area (Å²) in [6.07, 6.45) is 8.75. The van der Waals surface area contributed by atoms with Gasteiger partial charge in [-0.1, -0.05) is 27.2 Å². The molecule has 3 nitrogen and oxygen atoms in total. The number of piperidine rings is 1. The Morgan fingerprint density at radius 3 is 2.61 bits per heavy atom. The lowest BCUT2D eigenvalue weighted by molar-refractivity contribution is -0.0574. The fraction of sp³-hybridized carbons (Fsp3) is 1.00. The summed E-state index contributed by atoms with van der Waals surface area (Å²) in [7, 11) is 0. The Kier molecular flexibility index (Phi) is 5.11. The van der Waals surface area contributed by atoms with E-state index < -0.39 is 0 Å². The molecule has 1 saturated heterocycles. The number of likely N-dealkylation sites (tertiary alicyclic amines) is 1. The zero-order valence-electron chi connectivity index (χ0n) is 15.7. The summed E-state index contributed by atoms with van der Waals surface area (Å²) in [5, 5.41) is 10.4. The summed E-state index contributed by atoms with van der Waals surface area (Å²) in [5.41, 5.74) is 0.753. The van der Waals surface area contributed by atoms with Crippen molar-refractivity contribution >= 4 is 0 Å². The van der Waals surface area contributed by atoms with Crippen LogP contribution in [-0.2, 0) is 4.74 Å². The molecule has 3 rings (SSSR count). The SMILES string of the molecule is C[C@@H]1CCCCN1C[C@@H](O)CCO[C@@H]1C[C@H]2CC[C@@]1(C)C2(C)C. The van der Waals surface area contributed by atoms with Crippen LogP contribution in [0.1, 0.15) is 72.6 Å². The van der Waals surface area contributed by atoms with Crippen LogP contribution >= 0.6 is 0 Å². The first-order chi connectivity index (χ1) is 10.8. The largest absolute Gasteiger partial charge is 0.392 e. The first kappa shape index (κ1) is 17.7. The van der Waals surface area contributed by atoms with Gasteiger partial charge in [0.1, 0.15) is 0 Å². The van der Waals surface area contributed by atoms with Gasteiger partial charge in [0.05, 0.1) is 12.2 Å². The van der Waals surface area contributed by atoms with E-state index in [9.17, 15) is 5.11 Å². The highest BCUT2D eigenvalue weighted by Gasteiger charge is 2.61. The van der Waals surface area contributed by atoms with E-state index in [1.807, 2.05) is 0 Å². The minimum absolute atomic E-state index is 0.241. The van der Waals surface area contributed by atoms with E-state index >= 15 is 0 Å². The van der Waals surface area contributed by atoms with E-state index in [4.69, 9.17) is 4.74 Å². The van der Waals surface area contributed by atoms with Gasteiger partial charge in [0.15, 0.2) is 0 Å². The predicted octanol–water partition coefficient (Wildman–Crippen LogP) is 3.84. The second-order valence-electron chi connectivity index (χ2n) is 9.25. The minimum Gasteiger partial charge on any atom is -0.392 e. The third-order valence-electron chi connectivity index (χ3n) is 7.87. The van der Waals surface area contributed by atoms with Gasteiger partial charge in [0, 0.05) is 19.2 Å². The first-order valence-electron chi connectivity index (χ1n) is 9.88. The van der Waals surface area contributed by atoms with Crippen LogP contribution in [0.4, 0.5) is 0 Å². The van der Waals surface area contributed by atoms with Gasteiger partial charge in [0.2, 0.25) is 0 Å². The Labute approximate surface area is 142 Å². The van der Waals surface area contributed by atoms with Crippen LogP contribution in [-0.4, -0.2) is 48.0 Å². The second-order valence-corrected chi connectivity index (χ2v) is 9.25. The van der Waals surface area contributed by atoms with Gasteiger partial charge in [-0.2, -0.15) is 0 Å². The van der Waals surface area contributed by atoms with Crippen LogP contribution in [0.5, 0.6) is 0 Å². The molecule has 0 spiro atoms. The fourth-order valence-electron chi connectivity index (χ4n) is 5.52. The van der Waals surface area contributed by atoms with Gasteiger partial charge in [-0.15, -0.1) is 0 Å². The monoisotopic (exact) mass is 323 g/mol. The molecular formula is C20H37NO2. The minimum atomic E-state index is -0.241. The molecule has 0 aromatic rings. The van der Waals surface area contributed by atoms with Crippen molar-refractivity contribution in [2.45, 2.75) is 90.9 Å². The molecule has 5 atom stereocenters. The van der Waals surface area contributed by atoms with Crippen molar-refractivity contribution in [3.05, 3.63) is 0 Å². The van der Waals surface area contributed by atoms with Gasteiger partial charge in [-0.3, -0.25) is 4.90 Å². The summed E-state index contributed by atoms with van der Waals surface area (Å²) in [4.78, 5) is 2.45. The maximum absolute atomic E-state index is 10.4. The van der Waals surface area contributed by atoms with Crippen molar-refractivity contribution in [2.24, 2.45) is 16.7 Å². The standard InChI is InChI=1S/C20H37NO2/c1-15-7-5-6-11-21(15)14-17(22)9-12-23-18-13-16-8-10-20(18,4)19(16,2)3/h15-18,22H,5-14H2,1-4H3/t15-,16-,17+,18-,20-/m1/s1. The molecule has 2 aliphatic carbocycles. The summed E-state index contributed by atoms with van der Waals surface area (Å²) < 4.78 is 6.28. The highest BCUT2D eigenvalue weighted by molar-refractivity contribution is 5.11. The summed E-state index contributed by atoms with van der Waals surface area (Å²) in [6.45, 7) is 12.3. The van der Waals surface area contributed by atoms with Crippen molar-refractivity contribution in [1.82, 2.24) is 4.90 Å². The molecule has 23 heavy (non-hydrogen) atoms. The van der Waals surface area contributed by atoms with Crippen LogP contribution in [0.3, 0.4) is 0 Å². The lowest BCUT2D eigenvalue weighted by atomic mass is 9.70. The number of β-amino-alcohol motifs (C(OH)–C–C–N with tert-alkyl or cyclic N) is 1. The number of fused-ring (bicyclic) bond motifs is 2. The average Bonchev–Trinajstić information content (AvgIpc) is 2.83. The van der Waals surface area contributed by atoms with E-state index in [0.717, 1.165) is 25.4 Å². The lowest BCUT2D eigenvalue weighted by Gasteiger charge is -2.39. The van der Waals surface area contributed by atoms with E-state index in [1.165, 1.54) is 38.5 Å². The second kappa shape index (κ2) is 6.65. The van der Waals surface area contributed by atoms with E-state index in [0.29, 0.717) is 29.6 Å². The molecule has 3 fully saturated rings. The summed E-state index contributed by atoms with van der Waals surface area (Å²) >= 11 is 0. The average molecular weight is 324 g/mol. The number of hydrogen-bond acceptors (Lipinski definition) is 3. The number of aliphatic hydroxyl groups excluding tert-OH is 1. The van der Waals surface area contributed by atoms with Crippen LogP contribution in [0, 0.1) is 16.7 Å². The smallest absolute Gasteiger partial charge is 0.0689 e. The number of ether oxygens (including phenoxy) is 1. The fourth-order valence-corrected chi connectivity index (χ4v) is 5.52. The van der Waals surface area contributed by atoms with Crippen LogP contribution in [0.15, 0.2) is 0 Å². The Balaban J connectivity index is 1.42. The van der Waals surface area contributed by atoms with Crippen LogP contribution in [0.25, 0.3) is 0 Å². The van der Waals surface area contributed by atoms with E-state index in [-0.39, 0.29) is 6.10 Å². The number of hydrogen-bond donors (Lipinski definition) is 1. The van der Waals surface area contributed by atoms with Crippen molar-refractivity contribution in [3.8, 4) is 0 Å². The maximum atomic E-state index is 10.4. The summed E-state index contributed by atoms with van der Waals surface area (Å²) in [6, 6.07) is 0.629. The Morgan fingerprint density at radius 1 is 1.22 bits per heavy atom. The molecule has 0 amide bonds. The third kappa shape index (κ3) is 3.21. The molecule has 3 heteroatoms. The normalized spacial score (nSPS) is 41.3. The molecule has 1 N–H and O–H groups in total. The van der Waals surface area contributed by atoms with Crippen molar-refractivity contribution < 1.29 is 9.84 Å². The molecule has 2 saturated carbocycles. The highest BCUT2D eigenvalue weighted by Crippen LogP contribution is 2.66. The van der Waals surface area contributed by atoms with E-state index in [1.54, 1.807) is 0 Å². The molecule has 0 aromatic carbocycles. The van der Waals surface area contributed by atoms with Gasteiger partial charge >= 0.3 is 0 Å². The van der Waals surface area contributed by atoms with Gasteiger partial charge in [0.25, 0.3) is 0 Å². The van der Waals surface area contributed by atoms with Gasteiger partial charge in [-0.05, 0) is 68.7 Å². The third-order valence-corrected chi connectivity index (χ3v) is 7.87. The van der Waals surface area contributed by atoms with Crippen LogP contribution in [0.2, 0.25) is 0 Å². The van der Waals surface area contributed by atoms with Gasteiger partial charge < -0.3 is 9.84 Å². The van der Waals surface area contributed by atoms with Gasteiger partial charge in [-0.25, -0.2) is 0 Å². The summed E-state index contributed by atoms with van der Waals surface area (Å²) in [5.74, 6) is 0.830. The molecular weight excluding hydrogens is 286 g/mol. The molecule has 3 aliphatic rings. The highest BCUT2D eigenvalue weighted by atomic mass is 16.5. The predicted molar refractivity (Wildman–Crippen MR) is 94.5 cm³/mol. The molecule has 0 radical (unpaired) electrons. The van der Waals surface area contributed by atoms with Crippen molar-refractivity contribution in [2.75, 3.05) is 19.7 Å². The first-order valence-corrected chi connectivity index (χ1v) is 9.88. The maximum Gasteiger partial charge on any atom is 0.0689 e. The van der Waals surface area contributed by atoms with Crippen LogP contribution < -0.4 is 0 Å². The molecule has 0 aromatic heterocycles. The number of nitrogens with zero attached hydrogens (tertiary/aromatic N) is 1. The molecule has 0 unspecified atom stereocenters. The topological polar surface area (TPSA) is 32.7 Å². The molecule has 1 aliphatic heterocycles. The Morgan fingerprint density at radius 2 is 2.00 bits per heavy atom. The lowest BCUT2D eigenvalue weighted by Crippen LogP contribution is -2.42. The molecule has 2 bridgehead atoms. The molecule has 1 heterocycles. The number of rotatable bonds is 6. The Bertz CT molecular complexity index is 410. The Hall–Kier alpha value is -0.120. The zero-order valence-corrected chi connectivity index (χ0v) is 15.7. The van der Waals surface area contributed by atoms with Crippen molar-refractivity contribution in [3.63, 3.8) is 0 Å².